The number of halogens is 1. The second-order valence-corrected chi connectivity index (χ2v) is 10.5. The smallest absolute Gasteiger partial charge is 0.258 e. The van der Waals surface area contributed by atoms with Crippen molar-refractivity contribution in [1.82, 2.24) is 4.90 Å². The highest BCUT2D eigenvalue weighted by molar-refractivity contribution is 6.30. The molecule has 1 saturated heterocycles. The van der Waals surface area contributed by atoms with Gasteiger partial charge in [-0.2, -0.15) is 0 Å². The summed E-state index contributed by atoms with van der Waals surface area (Å²) in [6.07, 6.45) is 0.605. The standard InChI is InChI=1S/C31H34ClN3O4/c1-22-21-30(35(23(2)36)26-11-9-25(32)10-12-26)28-5-3-4-6-29(28)34(22)31(37)24-7-13-27(14-8-24)39-20-17-33-15-18-38-19-16-33/h3-14,22,30H,15-21H2,1-2H3/t22-,30+/m0/s1. The number of morpholine rings is 1. The number of amides is 2. The van der Waals surface area contributed by atoms with E-state index in [2.05, 4.69) is 4.90 Å². The predicted molar refractivity (Wildman–Crippen MR) is 154 cm³/mol. The molecular weight excluding hydrogens is 514 g/mol. The molecule has 8 heteroatoms. The Bertz CT molecular complexity index is 1290. The van der Waals surface area contributed by atoms with E-state index in [1.807, 2.05) is 72.5 Å². The number of para-hydroxylation sites is 1. The average molecular weight is 548 g/mol. The van der Waals surface area contributed by atoms with Crippen LogP contribution in [0.5, 0.6) is 5.75 Å². The van der Waals surface area contributed by atoms with E-state index in [-0.39, 0.29) is 23.9 Å². The van der Waals surface area contributed by atoms with Crippen LogP contribution < -0.4 is 14.5 Å². The van der Waals surface area contributed by atoms with Gasteiger partial charge in [0.05, 0.1) is 19.3 Å². The van der Waals surface area contributed by atoms with Crippen molar-refractivity contribution in [2.75, 3.05) is 49.3 Å². The summed E-state index contributed by atoms with van der Waals surface area (Å²) in [5.41, 5.74) is 3.13. The molecule has 1 fully saturated rings. The van der Waals surface area contributed by atoms with E-state index in [0.29, 0.717) is 23.6 Å². The molecule has 7 nitrogen and oxygen atoms in total. The third-order valence-corrected chi connectivity index (χ3v) is 7.67. The van der Waals surface area contributed by atoms with Crippen LogP contribution in [0.15, 0.2) is 72.8 Å². The van der Waals surface area contributed by atoms with Crippen LogP contribution in [0.1, 0.15) is 42.2 Å². The Hall–Kier alpha value is -3.39. The third-order valence-electron chi connectivity index (χ3n) is 7.42. The molecule has 0 saturated carbocycles. The fourth-order valence-corrected chi connectivity index (χ4v) is 5.59. The number of carbonyl (C=O) groups is 2. The van der Waals surface area contributed by atoms with Gasteiger partial charge < -0.3 is 19.3 Å². The summed E-state index contributed by atoms with van der Waals surface area (Å²) >= 11 is 6.10. The van der Waals surface area contributed by atoms with Crippen LogP contribution in [0.3, 0.4) is 0 Å². The molecule has 2 amide bonds. The summed E-state index contributed by atoms with van der Waals surface area (Å²) in [5, 5.41) is 0.616. The predicted octanol–water partition coefficient (Wildman–Crippen LogP) is 5.58. The molecule has 3 aromatic rings. The Kier molecular flexibility index (Phi) is 8.50. The molecule has 3 aromatic carbocycles. The minimum absolute atomic E-state index is 0.0617. The first-order valence-corrected chi connectivity index (χ1v) is 13.8. The average Bonchev–Trinajstić information content (AvgIpc) is 2.95. The first kappa shape index (κ1) is 27.2. The highest BCUT2D eigenvalue weighted by Crippen LogP contribution is 2.43. The van der Waals surface area contributed by atoms with Gasteiger partial charge in [-0.25, -0.2) is 0 Å². The van der Waals surface area contributed by atoms with E-state index < -0.39 is 0 Å². The van der Waals surface area contributed by atoms with Gasteiger partial charge in [-0.05, 0) is 73.5 Å². The van der Waals surface area contributed by atoms with E-state index >= 15 is 0 Å². The molecule has 2 aliphatic heterocycles. The first-order valence-electron chi connectivity index (χ1n) is 13.4. The zero-order chi connectivity index (χ0) is 27.4. The Morgan fingerprint density at radius 1 is 1.00 bits per heavy atom. The molecule has 0 aliphatic carbocycles. The molecule has 0 spiro atoms. The van der Waals surface area contributed by atoms with Gasteiger partial charge in [-0.15, -0.1) is 0 Å². The number of nitrogens with zero attached hydrogens (tertiary/aromatic N) is 3. The summed E-state index contributed by atoms with van der Waals surface area (Å²) in [6, 6.07) is 22.2. The van der Waals surface area contributed by atoms with E-state index in [4.69, 9.17) is 21.1 Å². The van der Waals surface area contributed by atoms with Crippen LogP contribution in [0.25, 0.3) is 0 Å². The minimum Gasteiger partial charge on any atom is -0.492 e. The van der Waals surface area contributed by atoms with Crippen LogP contribution in [0, 0.1) is 0 Å². The van der Waals surface area contributed by atoms with Gasteiger partial charge in [0.2, 0.25) is 5.91 Å². The van der Waals surface area contributed by atoms with Gasteiger partial charge in [0, 0.05) is 54.6 Å². The molecule has 204 valence electrons. The molecule has 0 bridgehead atoms. The zero-order valence-corrected chi connectivity index (χ0v) is 23.1. The molecule has 39 heavy (non-hydrogen) atoms. The summed E-state index contributed by atoms with van der Waals surface area (Å²) in [4.78, 5) is 32.6. The maximum absolute atomic E-state index is 13.8. The van der Waals surface area contributed by atoms with Gasteiger partial charge in [-0.3, -0.25) is 14.5 Å². The van der Waals surface area contributed by atoms with Gasteiger partial charge in [0.1, 0.15) is 12.4 Å². The zero-order valence-electron chi connectivity index (χ0n) is 22.4. The Morgan fingerprint density at radius 2 is 1.69 bits per heavy atom. The molecule has 5 rings (SSSR count). The summed E-state index contributed by atoms with van der Waals surface area (Å²) in [5.74, 6) is 0.606. The second-order valence-electron chi connectivity index (χ2n) is 10.0. The van der Waals surface area contributed by atoms with Crippen molar-refractivity contribution in [2.45, 2.75) is 32.4 Å². The molecule has 2 aliphatic rings. The third kappa shape index (κ3) is 6.11. The quantitative estimate of drug-likeness (QED) is 0.386. The highest BCUT2D eigenvalue weighted by Gasteiger charge is 2.38. The Balaban J connectivity index is 1.33. The monoisotopic (exact) mass is 547 g/mol. The minimum atomic E-state index is -0.207. The first-order chi connectivity index (χ1) is 18.9. The number of benzene rings is 3. The second kappa shape index (κ2) is 12.2. The maximum atomic E-state index is 13.8. The van der Waals surface area contributed by atoms with Crippen molar-refractivity contribution in [1.29, 1.82) is 0 Å². The topological polar surface area (TPSA) is 62.3 Å². The van der Waals surface area contributed by atoms with E-state index in [1.54, 1.807) is 24.0 Å². The molecule has 2 heterocycles. The molecule has 0 unspecified atom stereocenters. The number of rotatable bonds is 7. The van der Waals surface area contributed by atoms with Crippen LogP contribution >= 0.6 is 11.6 Å². The highest BCUT2D eigenvalue weighted by atomic mass is 35.5. The number of hydrogen-bond acceptors (Lipinski definition) is 5. The van der Waals surface area contributed by atoms with E-state index in [9.17, 15) is 9.59 Å². The van der Waals surface area contributed by atoms with Crippen LogP contribution in [-0.4, -0.2) is 62.2 Å². The Morgan fingerprint density at radius 3 is 2.38 bits per heavy atom. The Labute approximate surface area is 234 Å². The van der Waals surface area contributed by atoms with Gasteiger partial charge >= 0.3 is 0 Å². The van der Waals surface area contributed by atoms with Crippen molar-refractivity contribution >= 4 is 34.8 Å². The number of carbonyl (C=O) groups excluding carboxylic acids is 2. The van der Waals surface area contributed by atoms with Crippen molar-refractivity contribution in [3.63, 3.8) is 0 Å². The summed E-state index contributed by atoms with van der Waals surface area (Å²) in [6.45, 7) is 8.43. The molecule has 0 aromatic heterocycles. The molecular formula is C31H34ClN3O4. The van der Waals surface area contributed by atoms with E-state index in [1.165, 1.54) is 0 Å². The maximum Gasteiger partial charge on any atom is 0.258 e. The van der Waals surface area contributed by atoms with Crippen molar-refractivity contribution in [3.05, 3.63) is 88.9 Å². The SMILES string of the molecule is CC(=O)N(c1ccc(Cl)cc1)[C@@H]1C[C@H](C)N(C(=O)c2ccc(OCCN3CCOCC3)cc2)c2ccccc21. The fraction of sp³-hybridized carbons (Fsp3) is 0.355. The largest absolute Gasteiger partial charge is 0.492 e. The van der Waals surface area contributed by atoms with Crippen LogP contribution in [-0.2, 0) is 9.53 Å². The van der Waals surface area contributed by atoms with Gasteiger partial charge in [0.25, 0.3) is 5.91 Å². The lowest BCUT2D eigenvalue weighted by molar-refractivity contribution is -0.117. The van der Waals surface area contributed by atoms with Crippen molar-refractivity contribution < 1.29 is 19.1 Å². The lowest BCUT2D eigenvalue weighted by atomic mass is 9.89. The number of fused-ring (bicyclic) bond motifs is 1. The lowest BCUT2D eigenvalue weighted by Gasteiger charge is -2.43. The lowest BCUT2D eigenvalue weighted by Crippen LogP contribution is -2.47. The van der Waals surface area contributed by atoms with Crippen molar-refractivity contribution in [2.24, 2.45) is 0 Å². The summed E-state index contributed by atoms with van der Waals surface area (Å²) in [7, 11) is 0. The number of anilines is 2. The number of hydrogen-bond donors (Lipinski definition) is 0. The van der Waals surface area contributed by atoms with Crippen LogP contribution in [0.2, 0.25) is 5.02 Å². The van der Waals surface area contributed by atoms with Crippen molar-refractivity contribution in [3.8, 4) is 5.75 Å². The molecule has 2 atom stereocenters. The molecule has 0 N–H and O–H groups in total. The fourth-order valence-electron chi connectivity index (χ4n) is 5.47. The van der Waals surface area contributed by atoms with Gasteiger partial charge in [-0.1, -0.05) is 29.8 Å². The van der Waals surface area contributed by atoms with Crippen LogP contribution in [0.4, 0.5) is 11.4 Å². The van der Waals surface area contributed by atoms with E-state index in [0.717, 1.165) is 55.5 Å². The van der Waals surface area contributed by atoms with Gasteiger partial charge in [0.15, 0.2) is 0 Å². The molecule has 0 radical (unpaired) electrons. The number of ether oxygens (including phenoxy) is 2. The normalized spacial score (nSPS) is 19.3. The summed E-state index contributed by atoms with van der Waals surface area (Å²) < 4.78 is 11.3.